The van der Waals surface area contributed by atoms with E-state index in [0.717, 1.165) is 41.4 Å². The molecule has 3 rings (SSSR count). The number of aliphatic hydroxyl groups is 1. The molecule has 1 aliphatic heterocycles. The Labute approximate surface area is 164 Å². The van der Waals surface area contributed by atoms with Gasteiger partial charge in [0.15, 0.2) is 0 Å². The van der Waals surface area contributed by atoms with Gasteiger partial charge >= 0.3 is 6.03 Å². The number of nitrogens with zero attached hydrogens (tertiary/aromatic N) is 1. The van der Waals surface area contributed by atoms with Crippen LogP contribution >= 0.6 is 11.8 Å². The highest BCUT2D eigenvalue weighted by molar-refractivity contribution is 7.99. The predicted molar refractivity (Wildman–Crippen MR) is 109 cm³/mol. The molecule has 4 N–H and O–H groups in total. The van der Waals surface area contributed by atoms with Crippen molar-refractivity contribution in [3.63, 3.8) is 0 Å². The topological polar surface area (TPSA) is 86.3 Å². The summed E-state index contributed by atoms with van der Waals surface area (Å²) >= 11 is 1.76. The van der Waals surface area contributed by atoms with Crippen LogP contribution in [0.2, 0.25) is 0 Å². The number of thioether (sulfide) groups is 1. The number of β-amino-alcohol motifs (C(OH)–C–C–N with tert-alkyl or cyclic N) is 1. The van der Waals surface area contributed by atoms with Crippen LogP contribution in [-0.4, -0.2) is 47.1 Å². The Balaban J connectivity index is 1.39. The van der Waals surface area contributed by atoms with Crippen molar-refractivity contribution in [2.75, 3.05) is 30.7 Å². The molecule has 2 amide bonds. The summed E-state index contributed by atoms with van der Waals surface area (Å²) in [4.78, 5) is 17.5. The first kappa shape index (κ1) is 19.7. The molecule has 6 nitrogen and oxygen atoms in total. The zero-order valence-electron chi connectivity index (χ0n) is 15.3. The minimum Gasteiger partial charge on any atom is -0.387 e. The van der Waals surface area contributed by atoms with Gasteiger partial charge in [-0.2, -0.15) is 0 Å². The van der Waals surface area contributed by atoms with Gasteiger partial charge in [0.25, 0.3) is 0 Å². The van der Waals surface area contributed by atoms with Gasteiger partial charge in [-0.15, -0.1) is 11.8 Å². The summed E-state index contributed by atoms with van der Waals surface area (Å²) in [6, 6.07) is 13.4. The van der Waals surface area contributed by atoms with Crippen LogP contribution in [-0.2, 0) is 6.42 Å². The molecule has 1 fully saturated rings. The summed E-state index contributed by atoms with van der Waals surface area (Å²) < 4.78 is 0. The van der Waals surface area contributed by atoms with E-state index in [9.17, 15) is 9.90 Å². The Morgan fingerprint density at radius 2 is 2.11 bits per heavy atom. The quantitative estimate of drug-likeness (QED) is 0.550. The zero-order chi connectivity index (χ0) is 19.0. The molecule has 0 bridgehead atoms. The minimum absolute atomic E-state index is 0.243. The standard InChI is InChI=1S/C20H26N4O2S/c25-19(23-15-20(26)10-3-11-21-14-20)24-17-5-7-18(8-6-17)27-13-9-16-4-1-2-12-22-16/h1-2,4-8,12,21,26H,3,9-11,13-15H2,(H2,23,24,25). The first-order valence-corrected chi connectivity index (χ1v) is 10.2. The van der Waals surface area contributed by atoms with E-state index in [4.69, 9.17) is 0 Å². The third-order valence-corrected chi connectivity index (χ3v) is 5.51. The molecular weight excluding hydrogens is 360 g/mol. The van der Waals surface area contributed by atoms with E-state index in [0.29, 0.717) is 13.0 Å². The lowest BCUT2D eigenvalue weighted by Crippen LogP contribution is -2.53. The van der Waals surface area contributed by atoms with Gasteiger partial charge in [0.2, 0.25) is 0 Å². The fourth-order valence-corrected chi connectivity index (χ4v) is 3.85. The number of benzene rings is 1. The second kappa shape index (κ2) is 9.73. The Kier molecular flexibility index (Phi) is 7.09. The van der Waals surface area contributed by atoms with Gasteiger partial charge < -0.3 is 21.1 Å². The lowest BCUT2D eigenvalue weighted by Gasteiger charge is -2.32. The van der Waals surface area contributed by atoms with Crippen molar-refractivity contribution in [3.05, 3.63) is 54.4 Å². The molecule has 144 valence electrons. The van der Waals surface area contributed by atoms with Crippen molar-refractivity contribution in [2.45, 2.75) is 29.8 Å². The summed E-state index contributed by atoms with van der Waals surface area (Å²) in [6.07, 6.45) is 4.35. The number of pyridine rings is 1. The largest absolute Gasteiger partial charge is 0.387 e. The lowest BCUT2D eigenvalue weighted by molar-refractivity contribution is 0.0198. The van der Waals surface area contributed by atoms with Crippen molar-refractivity contribution >= 4 is 23.5 Å². The highest BCUT2D eigenvalue weighted by atomic mass is 32.2. The number of carbonyl (C=O) groups is 1. The molecule has 7 heteroatoms. The number of anilines is 1. The van der Waals surface area contributed by atoms with Crippen molar-refractivity contribution in [1.29, 1.82) is 0 Å². The second-order valence-electron chi connectivity index (χ2n) is 6.76. The van der Waals surface area contributed by atoms with Crippen molar-refractivity contribution < 1.29 is 9.90 Å². The van der Waals surface area contributed by atoms with Crippen LogP contribution in [0.4, 0.5) is 10.5 Å². The molecule has 2 heterocycles. The van der Waals surface area contributed by atoms with Crippen LogP contribution in [0.25, 0.3) is 0 Å². The van der Waals surface area contributed by atoms with Crippen LogP contribution in [0.5, 0.6) is 0 Å². The van der Waals surface area contributed by atoms with E-state index in [1.54, 1.807) is 11.8 Å². The molecule has 0 spiro atoms. The fourth-order valence-electron chi connectivity index (χ4n) is 2.98. The predicted octanol–water partition coefficient (Wildman–Crippen LogP) is 2.65. The molecule has 1 aliphatic rings. The number of amides is 2. The highest BCUT2D eigenvalue weighted by Crippen LogP contribution is 2.21. The maximum absolute atomic E-state index is 12.0. The summed E-state index contributed by atoms with van der Waals surface area (Å²) in [7, 11) is 0. The smallest absolute Gasteiger partial charge is 0.319 e. The van der Waals surface area contributed by atoms with Crippen molar-refractivity contribution in [2.24, 2.45) is 0 Å². The van der Waals surface area contributed by atoms with Gasteiger partial charge in [-0.05, 0) is 62.2 Å². The molecule has 1 unspecified atom stereocenters. The van der Waals surface area contributed by atoms with Gasteiger partial charge in [0.05, 0.1) is 5.60 Å². The van der Waals surface area contributed by atoms with Crippen LogP contribution in [0.15, 0.2) is 53.6 Å². The first-order chi connectivity index (χ1) is 13.1. The molecule has 27 heavy (non-hydrogen) atoms. The monoisotopic (exact) mass is 386 g/mol. The summed E-state index contributed by atoms with van der Waals surface area (Å²) in [5.74, 6) is 0.955. The van der Waals surface area contributed by atoms with E-state index < -0.39 is 5.60 Å². The number of hydrogen-bond acceptors (Lipinski definition) is 5. The summed E-state index contributed by atoms with van der Waals surface area (Å²) in [5.41, 5.74) is 0.967. The molecule has 0 saturated carbocycles. The Bertz CT molecular complexity index is 719. The normalized spacial score (nSPS) is 19.4. The second-order valence-corrected chi connectivity index (χ2v) is 7.92. The molecule has 0 radical (unpaired) electrons. The number of nitrogens with one attached hydrogen (secondary N) is 3. The third kappa shape index (κ3) is 6.53. The van der Waals surface area contributed by atoms with Crippen LogP contribution in [0, 0.1) is 0 Å². The molecule has 1 saturated heterocycles. The van der Waals surface area contributed by atoms with E-state index in [-0.39, 0.29) is 12.6 Å². The van der Waals surface area contributed by atoms with Crippen molar-refractivity contribution in [1.82, 2.24) is 15.6 Å². The Hall–Kier alpha value is -2.09. The van der Waals surface area contributed by atoms with E-state index in [1.165, 1.54) is 0 Å². The van der Waals surface area contributed by atoms with Gasteiger partial charge in [0.1, 0.15) is 0 Å². The number of aryl methyl sites for hydroxylation is 1. The zero-order valence-corrected chi connectivity index (χ0v) is 16.1. The average molecular weight is 387 g/mol. The third-order valence-electron chi connectivity index (χ3n) is 4.49. The Morgan fingerprint density at radius 1 is 1.26 bits per heavy atom. The number of rotatable bonds is 7. The highest BCUT2D eigenvalue weighted by Gasteiger charge is 2.29. The fraction of sp³-hybridized carbons (Fsp3) is 0.400. The first-order valence-electron chi connectivity index (χ1n) is 9.24. The number of piperidine rings is 1. The average Bonchev–Trinajstić information content (AvgIpc) is 2.69. The van der Waals surface area contributed by atoms with Crippen LogP contribution < -0.4 is 16.0 Å². The van der Waals surface area contributed by atoms with Crippen molar-refractivity contribution in [3.8, 4) is 0 Å². The van der Waals surface area contributed by atoms with E-state index >= 15 is 0 Å². The summed E-state index contributed by atoms with van der Waals surface area (Å²) in [5, 5.41) is 19.1. The van der Waals surface area contributed by atoms with E-state index in [1.807, 2.05) is 48.7 Å². The minimum atomic E-state index is -0.857. The Morgan fingerprint density at radius 3 is 2.81 bits per heavy atom. The molecule has 0 aliphatic carbocycles. The summed E-state index contributed by atoms with van der Waals surface area (Å²) in [6.45, 7) is 1.67. The SMILES string of the molecule is O=C(NCC1(O)CCCNC1)Nc1ccc(SCCc2ccccn2)cc1. The van der Waals surface area contributed by atoms with Crippen LogP contribution in [0.1, 0.15) is 18.5 Å². The maximum Gasteiger partial charge on any atom is 0.319 e. The maximum atomic E-state index is 12.0. The molecular formula is C20H26N4O2S. The molecule has 1 aromatic heterocycles. The number of aromatic nitrogens is 1. The molecule has 1 aromatic carbocycles. The van der Waals surface area contributed by atoms with Gasteiger partial charge in [-0.25, -0.2) is 4.79 Å². The number of urea groups is 1. The van der Waals surface area contributed by atoms with Gasteiger partial charge in [0, 0.05) is 41.3 Å². The molecule has 2 aromatic rings. The van der Waals surface area contributed by atoms with E-state index in [2.05, 4.69) is 20.9 Å². The van der Waals surface area contributed by atoms with Gasteiger partial charge in [-0.3, -0.25) is 4.98 Å². The molecule has 1 atom stereocenters. The van der Waals surface area contributed by atoms with Gasteiger partial charge in [-0.1, -0.05) is 6.07 Å². The number of carbonyl (C=O) groups excluding carboxylic acids is 1. The van der Waals surface area contributed by atoms with Crippen LogP contribution in [0.3, 0.4) is 0 Å². The lowest BCUT2D eigenvalue weighted by atomic mass is 9.94. The number of hydrogen-bond donors (Lipinski definition) is 4.